The fourth-order valence-corrected chi connectivity index (χ4v) is 1.98. The van der Waals surface area contributed by atoms with Crippen LogP contribution in [0, 0.1) is 11.3 Å². The molecule has 3 rings (SSSR count). The molecule has 0 aliphatic heterocycles. The number of nitrogens with zero attached hydrogens (tertiary/aromatic N) is 4. The van der Waals surface area contributed by atoms with Crippen LogP contribution in [-0.4, -0.2) is 14.2 Å². The molecule has 19 heavy (non-hydrogen) atoms. The van der Waals surface area contributed by atoms with Crippen LogP contribution < -0.4 is 5.56 Å². The molecule has 5 nitrogen and oxygen atoms in total. The molecule has 0 radical (unpaired) electrons. The van der Waals surface area contributed by atoms with E-state index in [0.29, 0.717) is 5.52 Å². The van der Waals surface area contributed by atoms with E-state index >= 15 is 0 Å². The van der Waals surface area contributed by atoms with Gasteiger partial charge in [0.25, 0.3) is 5.56 Å². The molecule has 0 bridgehead atoms. The molecule has 1 aromatic carbocycles. The SMILES string of the molecule is N#CCn1ccn2nc(-c3ccccc3)cc2c1=O. The number of benzene rings is 1. The van der Waals surface area contributed by atoms with Gasteiger partial charge >= 0.3 is 0 Å². The summed E-state index contributed by atoms with van der Waals surface area (Å²) in [7, 11) is 0. The average Bonchev–Trinajstić information content (AvgIpc) is 2.88. The lowest BCUT2D eigenvalue weighted by molar-refractivity contribution is 0.767. The normalized spacial score (nSPS) is 10.5. The molecule has 0 aliphatic carbocycles. The highest BCUT2D eigenvalue weighted by molar-refractivity contribution is 5.65. The number of fused-ring (bicyclic) bond motifs is 1. The zero-order valence-electron chi connectivity index (χ0n) is 10.0. The van der Waals surface area contributed by atoms with Crippen molar-refractivity contribution in [3.63, 3.8) is 0 Å². The maximum absolute atomic E-state index is 12.1. The predicted molar refractivity (Wildman–Crippen MR) is 70.5 cm³/mol. The van der Waals surface area contributed by atoms with E-state index in [4.69, 9.17) is 5.26 Å². The van der Waals surface area contributed by atoms with Crippen LogP contribution in [0.1, 0.15) is 0 Å². The Labute approximate surface area is 109 Å². The third-order valence-electron chi connectivity index (χ3n) is 2.91. The number of rotatable bonds is 2. The van der Waals surface area contributed by atoms with Crippen molar-refractivity contribution >= 4 is 5.52 Å². The van der Waals surface area contributed by atoms with Crippen molar-refractivity contribution in [2.75, 3.05) is 0 Å². The molecule has 5 heteroatoms. The molecule has 0 atom stereocenters. The van der Waals surface area contributed by atoms with Crippen LogP contribution in [0.4, 0.5) is 0 Å². The minimum atomic E-state index is -0.210. The zero-order valence-corrected chi connectivity index (χ0v) is 10.0. The van der Waals surface area contributed by atoms with Gasteiger partial charge in [-0.3, -0.25) is 9.36 Å². The van der Waals surface area contributed by atoms with E-state index in [9.17, 15) is 4.79 Å². The van der Waals surface area contributed by atoms with Gasteiger partial charge in [0.2, 0.25) is 0 Å². The van der Waals surface area contributed by atoms with Crippen molar-refractivity contribution in [3.05, 3.63) is 59.1 Å². The molecule has 2 aromatic heterocycles. The van der Waals surface area contributed by atoms with Crippen molar-refractivity contribution in [2.45, 2.75) is 6.54 Å². The van der Waals surface area contributed by atoms with Gasteiger partial charge in [-0.2, -0.15) is 10.4 Å². The Bertz CT molecular complexity index is 824. The summed E-state index contributed by atoms with van der Waals surface area (Å²) in [6.45, 7) is 0.0428. The summed E-state index contributed by atoms with van der Waals surface area (Å²) in [6, 6.07) is 13.4. The number of hydrogen-bond donors (Lipinski definition) is 0. The van der Waals surface area contributed by atoms with E-state index < -0.39 is 0 Å². The van der Waals surface area contributed by atoms with Gasteiger partial charge in [0, 0.05) is 18.0 Å². The molecule has 0 fully saturated rings. The summed E-state index contributed by atoms with van der Waals surface area (Å²) < 4.78 is 2.91. The van der Waals surface area contributed by atoms with Crippen LogP contribution in [0.25, 0.3) is 16.8 Å². The van der Waals surface area contributed by atoms with Crippen LogP contribution in [0.15, 0.2) is 53.6 Å². The first kappa shape index (κ1) is 11.2. The van der Waals surface area contributed by atoms with Gasteiger partial charge in [-0.05, 0) is 6.07 Å². The van der Waals surface area contributed by atoms with Crippen molar-refractivity contribution in [1.82, 2.24) is 14.2 Å². The molecule has 0 saturated heterocycles. The lowest BCUT2D eigenvalue weighted by atomic mass is 10.1. The second kappa shape index (κ2) is 4.42. The Morgan fingerprint density at radius 2 is 2.00 bits per heavy atom. The quantitative estimate of drug-likeness (QED) is 0.695. The second-order valence-corrected chi connectivity index (χ2v) is 4.11. The highest BCUT2D eigenvalue weighted by Crippen LogP contribution is 2.17. The van der Waals surface area contributed by atoms with Crippen LogP contribution >= 0.6 is 0 Å². The van der Waals surface area contributed by atoms with Gasteiger partial charge in [-0.25, -0.2) is 4.52 Å². The first-order valence-corrected chi connectivity index (χ1v) is 5.81. The minimum absolute atomic E-state index is 0.0428. The summed E-state index contributed by atoms with van der Waals surface area (Å²) in [4.78, 5) is 12.1. The Balaban J connectivity index is 2.20. The van der Waals surface area contributed by atoms with Crippen molar-refractivity contribution < 1.29 is 0 Å². The van der Waals surface area contributed by atoms with E-state index in [0.717, 1.165) is 11.3 Å². The highest BCUT2D eigenvalue weighted by Gasteiger charge is 2.08. The second-order valence-electron chi connectivity index (χ2n) is 4.11. The topological polar surface area (TPSA) is 63.1 Å². The maximum Gasteiger partial charge on any atom is 0.277 e. The van der Waals surface area contributed by atoms with E-state index in [1.807, 2.05) is 36.4 Å². The van der Waals surface area contributed by atoms with E-state index in [-0.39, 0.29) is 12.1 Å². The predicted octanol–water partition coefficient (Wildman–Crippen LogP) is 1.69. The van der Waals surface area contributed by atoms with Crippen molar-refractivity contribution in [1.29, 1.82) is 5.26 Å². The highest BCUT2D eigenvalue weighted by atomic mass is 16.1. The molecule has 0 unspecified atom stereocenters. The summed E-state index contributed by atoms with van der Waals surface area (Å²) in [5.41, 5.74) is 1.96. The molecule has 3 aromatic rings. The molecule has 2 heterocycles. The minimum Gasteiger partial charge on any atom is -0.298 e. The van der Waals surface area contributed by atoms with E-state index in [1.54, 1.807) is 23.0 Å². The summed E-state index contributed by atoms with van der Waals surface area (Å²) in [6.07, 6.45) is 3.25. The van der Waals surface area contributed by atoms with Gasteiger partial charge in [-0.1, -0.05) is 30.3 Å². The lowest BCUT2D eigenvalue weighted by Gasteiger charge is -1.98. The Hall–Kier alpha value is -2.87. The van der Waals surface area contributed by atoms with E-state index in [2.05, 4.69) is 5.10 Å². The van der Waals surface area contributed by atoms with Crippen LogP contribution in [0.3, 0.4) is 0 Å². The Morgan fingerprint density at radius 3 is 2.74 bits per heavy atom. The summed E-state index contributed by atoms with van der Waals surface area (Å²) in [5.74, 6) is 0. The fourth-order valence-electron chi connectivity index (χ4n) is 1.98. The third-order valence-corrected chi connectivity index (χ3v) is 2.91. The largest absolute Gasteiger partial charge is 0.298 e. The number of nitriles is 1. The van der Waals surface area contributed by atoms with Crippen LogP contribution in [0.5, 0.6) is 0 Å². The van der Waals surface area contributed by atoms with Gasteiger partial charge < -0.3 is 0 Å². The summed E-state index contributed by atoms with van der Waals surface area (Å²) in [5, 5.41) is 13.0. The van der Waals surface area contributed by atoms with Crippen LogP contribution in [0.2, 0.25) is 0 Å². The zero-order chi connectivity index (χ0) is 13.2. The Morgan fingerprint density at radius 1 is 1.21 bits per heavy atom. The first-order chi connectivity index (χ1) is 9.29. The monoisotopic (exact) mass is 250 g/mol. The van der Waals surface area contributed by atoms with Gasteiger partial charge in [0.15, 0.2) is 0 Å². The molecule has 0 saturated carbocycles. The average molecular weight is 250 g/mol. The molecular weight excluding hydrogens is 240 g/mol. The number of aromatic nitrogens is 3. The molecular formula is C14H10N4O. The smallest absolute Gasteiger partial charge is 0.277 e. The molecule has 0 N–H and O–H groups in total. The molecule has 0 amide bonds. The van der Waals surface area contributed by atoms with E-state index in [1.165, 1.54) is 4.57 Å². The standard InChI is InChI=1S/C14H10N4O/c15-6-7-17-8-9-18-13(14(17)19)10-12(16-18)11-4-2-1-3-5-11/h1-5,8-10H,7H2. The Kier molecular flexibility index (Phi) is 2.62. The van der Waals surface area contributed by atoms with Gasteiger partial charge in [-0.15, -0.1) is 0 Å². The third kappa shape index (κ3) is 1.89. The number of hydrogen-bond acceptors (Lipinski definition) is 3. The lowest BCUT2D eigenvalue weighted by Crippen LogP contribution is -2.20. The molecule has 0 aliphatic rings. The maximum atomic E-state index is 12.1. The van der Waals surface area contributed by atoms with Gasteiger partial charge in [0.1, 0.15) is 12.1 Å². The molecule has 0 spiro atoms. The summed E-state index contributed by atoms with van der Waals surface area (Å²) >= 11 is 0. The fraction of sp³-hybridized carbons (Fsp3) is 0.0714. The molecule has 92 valence electrons. The van der Waals surface area contributed by atoms with Crippen molar-refractivity contribution in [2.24, 2.45) is 0 Å². The van der Waals surface area contributed by atoms with Crippen molar-refractivity contribution in [3.8, 4) is 17.3 Å². The van der Waals surface area contributed by atoms with Gasteiger partial charge in [0.05, 0.1) is 11.8 Å². The first-order valence-electron chi connectivity index (χ1n) is 5.81. The van der Waals surface area contributed by atoms with Crippen LogP contribution in [-0.2, 0) is 6.54 Å².